The zero-order valence-electron chi connectivity index (χ0n) is 8.85. The van der Waals surface area contributed by atoms with Gasteiger partial charge in [-0.25, -0.2) is 8.78 Å². The van der Waals surface area contributed by atoms with Crippen molar-refractivity contribution < 1.29 is 13.6 Å². The molecule has 1 unspecified atom stereocenters. The van der Waals surface area contributed by atoms with Crippen LogP contribution in [0.4, 0.5) is 8.78 Å². The molecule has 0 radical (unpaired) electrons. The maximum Gasteiger partial charge on any atom is 0.248 e. The third-order valence-corrected chi connectivity index (χ3v) is 3.31. The van der Waals surface area contributed by atoms with Crippen LogP contribution in [0.2, 0.25) is 0 Å². The Labute approximate surface area is 83.9 Å². The standard InChI is InChI=1S/C11H18F2O/c1-10(2,8-14)9-4-3-6-11(12,13)7-5-9/h8-9H,3-7H2,1-2H3. The summed E-state index contributed by atoms with van der Waals surface area (Å²) in [6, 6.07) is 0. The van der Waals surface area contributed by atoms with Crippen molar-refractivity contribution in [2.45, 2.75) is 51.9 Å². The molecule has 1 saturated carbocycles. The predicted molar refractivity (Wildman–Crippen MR) is 51.4 cm³/mol. The van der Waals surface area contributed by atoms with E-state index < -0.39 is 11.3 Å². The summed E-state index contributed by atoms with van der Waals surface area (Å²) in [5, 5.41) is 0. The molecule has 0 heterocycles. The number of hydrogen-bond donors (Lipinski definition) is 0. The Bertz CT molecular complexity index is 211. The summed E-state index contributed by atoms with van der Waals surface area (Å²) in [6.45, 7) is 3.68. The molecule has 82 valence electrons. The van der Waals surface area contributed by atoms with Gasteiger partial charge in [-0.3, -0.25) is 0 Å². The minimum Gasteiger partial charge on any atom is -0.303 e. The average Bonchev–Trinajstić information content (AvgIpc) is 2.26. The molecule has 1 aliphatic carbocycles. The van der Waals surface area contributed by atoms with E-state index in [4.69, 9.17) is 0 Å². The molecule has 0 saturated heterocycles. The zero-order chi connectivity index (χ0) is 10.8. The summed E-state index contributed by atoms with van der Waals surface area (Å²) in [7, 11) is 0. The molecule has 0 spiro atoms. The monoisotopic (exact) mass is 204 g/mol. The van der Waals surface area contributed by atoms with E-state index in [1.165, 1.54) is 0 Å². The van der Waals surface area contributed by atoms with Crippen LogP contribution >= 0.6 is 0 Å². The molecule has 0 aromatic carbocycles. The van der Waals surface area contributed by atoms with Crippen molar-refractivity contribution >= 4 is 6.29 Å². The van der Waals surface area contributed by atoms with Gasteiger partial charge in [0.15, 0.2) is 0 Å². The Kier molecular flexibility index (Phi) is 3.28. The van der Waals surface area contributed by atoms with Gasteiger partial charge in [-0.05, 0) is 25.2 Å². The number of carbonyl (C=O) groups excluding carboxylic acids is 1. The second-order valence-corrected chi connectivity index (χ2v) is 4.92. The minimum atomic E-state index is -2.51. The van der Waals surface area contributed by atoms with E-state index in [1.807, 2.05) is 13.8 Å². The van der Waals surface area contributed by atoms with Gasteiger partial charge in [0.05, 0.1) is 0 Å². The molecule has 0 aliphatic heterocycles. The maximum absolute atomic E-state index is 13.0. The van der Waals surface area contributed by atoms with Gasteiger partial charge in [0.25, 0.3) is 0 Å². The number of rotatable bonds is 2. The van der Waals surface area contributed by atoms with Gasteiger partial charge in [0.2, 0.25) is 5.92 Å². The number of aldehydes is 1. The molecule has 1 nitrogen and oxygen atoms in total. The first-order chi connectivity index (χ1) is 6.37. The fourth-order valence-electron chi connectivity index (χ4n) is 2.10. The lowest BCUT2D eigenvalue weighted by Gasteiger charge is -2.28. The summed E-state index contributed by atoms with van der Waals surface area (Å²) in [5.41, 5.74) is -0.444. The molecule has 0 bridgehead atoms. The minimum absolute atomic E-state index is 0.0154. The lowest BCUT2D eigenvalue weighted by atomic mass is 9.76. The van der Waals surface area contributed by atoms with Crippen molar-refractivity contribution in [3.05, 3.63) is 0 Å². The highest BCUT2D eigenvalue weighted by Gasteiger charge is 2.37. The molecule has 1 fully saturated rings. The molecular weight excluding hydrogens is 186 g/mol. The van der Waals surface area contributed by atoms with Gasteiger partial charge in [0.1, 0.15) is 6.29 Å². The van der Waals surface area contributed by atoms with Gasteiger partial charge < -0.3 is 4.79 Å². The van der Waals surface area contributed by atoms with Crippen LogP contribution in [-0.4, -0.2) is 12.2 Å². The lowest BCUT2D eigenvalue weighted by molar-refractivity contribution is -0.117. The summed E-state index contributed by atoms with van der Waals surface area (Å²) in [4.78, 5) is 10.8. The largest absolute Gasteiger partial charge is 0.303 e. The summed E-state index contributed by atoms with van der Waals surface area (Å²) < 4.78 is 26.1. The smallest absolute Gasteiger partial charge is 0.248 e. The maximum atomic E-state index is 13.0. The number of halogens is 2. The van der Waals surface area contributed by atoms with E-state index in [0.717, 1.165) is 12.7 Å². The third-order valence-electron chi connectivity index (χ3n) is 3.31. The molecule has 0 aromatic heterocycles. The van der Waals surface area contributed by atoms with Crippen LogP contribution in [0.1, 0.15) is 46.0 Å². The van der Waals surface area contributed by atoms with Crippen molar-refractivity contribution in [3.63, 3.8) is 0 Å². The second kappa shape index (κ2) is 3.95. The molecule has 1 rings (SSSR count). The molecule has 0 amide bonds. The van der Waals surface area contributed by atoms with Crippen molar-refractivity contribution in [3.8, 4) is 0 Å². The summed E-state index contributed by atoms with van der Waals surface area (Å²) in [5.74, 6) is -2.39. The van der Waals surface area contributed by atoms with Gasteiger partial charge in [-0.15, -0.1) is 0 Å². The molecule has 14 heavy (non-hydrogen) atoms. The Morgan fingerprint density at radius 3 is 2.50 bits per heavy atom. The highest BCUT2D eigenvalue weighted by Crippen LogP contribution is 2.40. The molecule has 1 aliphatic rings. The van der Waals surface area contributed by atoms with E-state index in [0.29, 0.717) is 12.8 Å². The van der Waals surface area contributed by atoms with Gasteiger partial charge in [-0.1, -0.05) is 13.8 Å². The van der Waals surface area contributed by atoms with Gasteiger partial charge >= 0.3 is 0 Å². The van der Waals surface area contributed by atoms with Crippen molar-refractivity contribution in [1.29, 1.82) is 0 Å². The first-order valence-electron chi connectivity index (χ1n) is 5.21. The van der Waals surface area contributed by atoms with Crippen molar-refractivity contribution in [2.24, 2.45) is 11.3 Å². The molecule has 1 atom stereocenters. The number of alkyl halides is 2. The lowest BCUT2D eigenvalue weighted by Crippen LogP contribution is -2.25. The molecular formula is C11H18F2O. The molecule has 0 aromatic rings. The van der Waals surface area contributed by atoms with Crippen LogP contribution in [0.15, 0.2) is 0 Å². The second-order valence-electron chi connectivity index (χ2n) is 4.92. The Hall–Kier alpha value is -0.470. The quantitative estimate of drug-likeness (QED) is 0.497. The summed E-state index contributed by atoms with van der Waals surface area (Å²) >= 11 is 0. The molecule has 0 N–H and O–H groups in total. The van der Waals surface area contributed by atoms with Crippen LogP contribution in [0.3, 0.4) is 0 Å². The molecule has 3 heteroatoms. The Morgan fingerprint density at radius 1 is 1.29 bits per heavy atom. The van der Waals surface area contributed by atoms with Crippen LogP contribution in [0.5, 0.6) is 0 Å². The van der Waals surface area contributed by atoms with E-state index in [1.54, 1.807) is 0 Å². The SMILES string of the molecule is CC(C)(C=O)C1CCCC(F)(F)CC1. The van der Waals surface area contributed by atoms with E-state index in [-0.39, 0.29) is 18.8 Å². The number of hydrogen-bond acceptors (Lipinski definition) is 1. The van der Waals surface area contributed by atoms with Crippen LogP contribution in [0.25, 0.3) is 0 Å². The Morgan fingerprint density at radius 2 is 1.93 bits per heavy atom. The van der Waals surface area contributed by atoms with Crippen molar-refractivity contribution in [2.75, 3.05) is 0 Å². The fourth-order valence-corrected chi connectivity index (χ4v) is 2.10. The van der Waals surface area contributed by atoms with Crippen LogP contribution in [0, 0.1) is 11.3 Å². The topological polar surface area (TPSA) is 17.1 Å². The van der Waals surface area contributed by atoms with E-state index >= 15 is 0 Å². The first-order valence-corrected chi connectivity index (χ1v) is 5.21. The first kappa shape index (κ1) is 11.6. The Balaban J connectivity index is 2.63. The average molecular weight is 204 g/mol. The summed E-state index contributed by atoms with van der Waals surface area (Å²) in [6.07, 6.45) is 2.59. The van der Waals surface area contributed by atoms with Crippen LogP contribution in [-0.2, 0) is 4.79 Å². The zero-order valence-corrected chi connectivity index (χ0v) is 8.85. The third kappa shape index (κ3) is 2.76. The normalized spacial score (nSPS) is 28.1. The fraction of sp³-hybridized carbons (Fsp3) is 0.909. The van der Waals surface area contributed by atoms with E-state index in [9.17, 15) is 13.6 Å². The van der Waals surface area contributed by atoms with Crippen LogP contribution < -0.4 is 0 Å². The van der Waals surface area contributed by atoms with Gasteiger partial charge in [0, 0.05) is 18.3 Å². The van der Waals surface area contributed by atoms with Crippen molar-refractivity contribution in [1.82, 2.24) is 0 Å². The highest BCUT2D eigenvalue weighted by atomic mass is 19.3. The van der Waals surface area contributed by atoms with Gasteiger partial charge in [-0.2, -0.15) is 0 Å². The highest BCUT2D eigenvalue weighted by molar-refractivity contribution is 5.58. The number of carbonyl (C=O) groups is 1. The van der Waals surface area contributed by atoms with E-state index in [2.05, 4.69) is 0 Å². The predicted octanol–water partition coefficient (Wildman–Crippen LogP) is 3.43.